The van der Waals surface area contributed by atoms with Crippen LogP contribution in [0.25, 0.3) is 0 Å². The third-order valence-corrected chi connectivity index (χ3v) is 4.05. The molecule has 5 nitrogen and oxygen atoms in total. The number of thioether (sulfide) groups is 2. The quantitative estimate of drug-likeness (QED) is 0.787. The van der Waals surface area contributed by atoms with Crippen LogP contribution >= 0.6 is 23.5 Å². The molecule has 0 aliphatic heterocycles. The van der Waals surface area contributed by atoms with Gasteiger partial charge in [0.1, 0.15) is 5.82 Å². The summed E-state index contributed by atoms with van der Waals surface area (Å²) in [5, 5.41) is 12.3. The van der Waals surface area contributed by atoms with Gasteiger partial charge in [-0.3, -0.25) is 4.79 Å². The molecule has 0 saturated carbocycles. The zero-order chi connectivity index (χ0) is 14.4. The molecule has 8 heteroatoms. The average Bonchev–Trinajstić information content (AvgIpc) is 2.86. The molecule has 0 aliphatic rings. The Morgan fingerprint density at radius 1 is 1.30 bits per heavy atom. The van der Waals surface area contributed by atoms with Crippen LogP contribution in [0, 0.1) is 5.82 Å². The molecule has 106 valence electrons. The summed E-state index contributed by atoms with van der Waals surface area (Å²) >= 11 is 2.67. The Hall–Kier alpha value is -1.54. The molecule has 1 aromatic carbocycles. The molecule has 1 heterocycles. The number of rotatable bonds is 7. The first-order valence-corrected chi connectivity index (χ1v) is 7.77. The summed E-state index contributed by atoms with van der Waals surface area (Å²) in [5.74, 6) is 0.686. The number of carboxylic acid groups (broad SMARTS) is 1. The minimum absolute atomic E-state index is 0.00203. The van der Waals surface area contributed by atoms with Gasteiger partial charge in [0, 0.05) is 4.90 Å². The number of hydrogen-bond donors (Lipinski definition) is 1. The van der Waals surface area contributed by atoms with Crippen molar-refractivity contribution >= 4 is 29.5 Å². The molecule has 20 heavy (non-hydrogen) atoms. The highest BCUT2D eigenvalue weighted by Crippen LogP contribution is 2.22. The van der Waals surface area contributed by atoms with E-state index in [1.165, 1.54) is 35.7 Å². The smallest absolute Gasteiger partial charge is 0.313 e. The lowest BCUT2D eigenvalue weighted by atomic mass is 10.4. The molecular weight excluding hydrogens is 303 g/mol. The van der Waals surface area contributed by atoms with Crippen LogP contribution < -0.4 is 0 Å². The molecule has 0 saturated heterocycles. The van der Waals surface area contributed by atoms with E-state index in [4.69, 9.17) is 9.63 Å². The summed E-state index contributed by atoms with van der Waals surface area (Å²) in [6.45, 7) is 0. The van der Waals surface area contributed by atoms with Crippen molar-refractivity contribution in [2.45, 2.75) is 16.4 Å². The lowest BCUT2D eigenvalue weighted by Gasteiger charge is -1.97. The molecule has 2 rings (SSSR count). The number of carboxylic acids is 1. The van der Waals surface area contributed by atoms with Crippen molar-refractivity contribution in [3.63, 3.8) is 0 Å². The van der Waals surface area contributed by atoms with Gasteiger partial charge in [-0.2, -0.15) is 4.98 Å². The number of aromatic nitrogens is 2. The first kappa shape index (κ1) is 14.9. The van der Waals surface area contributed by atoms with Gasteiger partial charge in [-0.15, -0.1) is 23.5 Å². The lowest BCUT2D eigenvalue weighted by Crippen LogP contribution is -1.98. The first-order valence-electron chi connectivity index (χ1n) is 5.63. The van der Waals surface area contributed by atoms with Crippen molar-refractivity contribution in [3.8, 4) is 0 Å². The van der Waals surface area contributed by atoms with Crippen molar-refractivity contribution in [2.75, 3.05) is 5.75 Å². The average molecular weight is 314 g/mol. The van der Waals surface area contributed by atoms with Gasteiger partial charge in [0.25, 0.3) is 0 Å². The largest absolute Gasteiger partial charge is 0.481 e. The SMILES string of the molecule is O=C(O)CSCc1nc(CSc2ccc(F)cc2)no1. The predicted molar refractivity (Wildman–Crippen MR) is 74.1 cm³/mol. The van der Waals surface area contributed by atoms with Crippen LogP contribution in [0.4, 0.5) is 4.39 Å². The Morgan fingerprint density at radius 2 is 2.05 bits per heavy atom. The Morgan fingerprint density at radius 3 is 2.75 bits per heavy atom. The molecule has 0 bridgehead atoms. The number of halogens is 1. The third kappa shape index (κ3) is 4.86. The fourth-order valence-corrected chi connectivity index (χ4v) is 2.62. The van der Waals surface area contributed by atoms with Gasteiger partial charge in [0.15, 0.2) is 5.82 Å². The monoisotopic (exact) mass is 314 g/mol. The van der Waals surface area contributed by atoms with E-state index in [9.17, 15) is 9.18 Å². The van der Waals surface area contributed by atoms with E-state index in [2.05, 4.69) is 10.1 Å². The molecule has 0 spiro atoms. The Balaban J connectivity index is 1.80. The Labute approximate surface area is 123 Å². The van der Waals surface area contributed by atoms with Crippen LogP contribution in [-0.4, -0.2) is 27.0 Å². The van der Waals surface area contributed by atoms with Crippen LogP contribution in [0.15, 0.2) is 33.7 Å². The fourth-order valence-electron chi connectivity index (χ4n) is 1.31. The highest BCUT2D eigenvalue weighted by atomic mass is 32.2. The van der Waals surface area contributed by atoms with Gasteiger partial charge in [-0.1, -0.05) is 5.16 Å². The summed E-state index contributed by atoms with van der Waals surface area (Å²) in [6, 6.07) is 6.16. The van der Waals surface area contributed by atoms with Crippen molar-refractivity contribution in [1.29, 1.82) is 0 Å². The zero-order valence-electron chi connectivity index (χ0n) is 10.3. The topological polar surface area (TPSA) is 76.2 Å². The number of hydrogen-bond acceptors (Lipinski definition) is 6. The van der Waals surface area contributed by atoms with Crippen LogP contribution in [-0.2, 0) is 16.3 Å². The maximum Gasteiger partial charge on any atom is 0.313 e. The lowest BCUT2D eigenvalue weighted by molar-refractivity contribution is -0.133. The zero-order valence-corrected chi connectivity index (χ0v) is 11.9. The van der Waals surface area contributed by atoms with E-state index in [1.54, 1.807) is 12.1 Å². The molecule has 0 unspecified atom stereocenters. The normalized spacial score (nSPS) is 10.7. The van der Waals surface area contributed by atoms with Crippen molar-refractivity contribution in [3.05, 3.63) is 41.8 Å². The molecular formula is C12H11FN2O3S2. The minimum Gasteiger partial charge on any atom is -0.481 e. The maximum absolute atomic E-state index is 12.7. The Kier molecular flexibility index (Phi) is 5.42. The van der Waals surface area contributed by atoms with Crippen LogP contribution in [0.3, 0.4) is 0 Å². The van der Waals surface area contributed by atoms with Crippen LogP contribution in [0.2, 0.25) is 0 Å². The molecule has 1 N–H and O–H groups in total. The van der Waals surface area contributed by atoms with E-state index in [0.717, 1.165) is 4.90 Å². The van der Waals surface area contributed by atoms with Crippen LogP contribution in [0.1, 0.15) is 11.7 Å². The predicted octanol–water partition coefficient (Wildman–Crippen LogP) is 2.82. The standard InChI is InChI=1S/C12H11FN2O3S2/c13-8-1-3-9(4-2-8)20-5-10-14-11(18-15-10)6-19-7-12(16)17/h1-4H,5-7H2,(H,16,17). The van der Waals surface area contributed by atoms with Crippen molar-refractivity contribution < 1.29 is 18.8 Å². The van der Waals surface area contributed by atoms with E-state index in [1.807, 2.05) is 0 Å². The van der Waals surface area contributed by atoms with Gasteiger partial charge in [-0.05, 0) is 24.3 Å². The molecule has 0 aliphatic carbocycles. The molecule has 2 aromatic rings. The molecule has 0 amide bonds. The number of nitrogens with zero attached hydrogens (tertiary/aromatic N) is 2. The van der Waals surface area contributed by atoms with E-state index in [0.29, 0.717) is 23.2 Å². The summed E-state index contributed by atoms with van der Waals surface area (Å²) in [7, 11) is 0. The first-order chi connectivity index (χ1) is 9.63. The highest BCUT2D eigenvalue weighted by Gasteiger charge is 2.08. The van der Waals surface area contributed by atoms with Gasteiger partial charge in [0.2, 0.25) is 5.89 Å². The summed E-state index contributed by atoms with van der Waals surface area (Å²) < 4.78 is 17.7. The molecule has 0 radical (unpaired) electrons. The number of aliphatic carboxylic acids is 1. The van der Waals surface area contributed by atoms with Gasteiger partial charge in [-0.25, -0.2) is 4.39 Å². The fraction of sp³-hybridized carbons (Fsp3) is 0.250. The maximum atomic E-state index is 12.7. The van der Waals surface area contributed by atoms with E-state index < -0.39 is 5.97 Å². The second-order valence-corrected chi connectivity index (χ2v) is 5.77. The molecule has 0 atom stereocenters. The highest BCUT2D eigenvalue weighted by molar-refractivity contribution is 7.99. The van der Waals surface area contributed by atoms with E-state index >= 15 is 0 Å². The minimum atomic E-state index is -0.874. The van der Waals surface area contributed by atoms with Gasteiger partial charge >= 0.3 is 5.97 Å². The van der Waals surface area contributed by atoms with Crippen LogP contribution in [0.5, 0.6) is 0 Å². The van der Waals surface area contributed by atoms with Crippen molar-refractivity contribution in [1.82, 2.24) is 10.1 Å². The Bertz CT molecular complexity index is 574. The van der Waals surface area contributed by atoms with Gasteiger partial charge in [0.05, 0.1) is 17.3 Å². The van der Waals surface area contributed by atoms with Crippen molar-refractivity contribution in [2.24, 2.45) is 0 Å². The second kappa shape index (κ2) is 7.30. The molecule has 1 aromatic heterocycles. The van der Waals surface area contributed by atoms with E-state index in [-0.39, 0.29) is 11.6 Å². The third-order valence-electron chi connectivity index (χ3n) is 2.14. The number of benzene rings is 1. The number of carbonyl (C=O) groups is 1. The van der Waals surface area contributed by atoms with Gasteiger partial charge < -0.3 is 9.63 Å². The summed E-state index contributed by atoms with van der Waals surface area (Å²) in [6.07, 6.45) is 0. The summed E-state index contributed by atoms with van der Waals surface area (Å²) in [5.41, 5.74) is 0. The second-order valence-electron chi connectivity index (χ2n) is 3.73. The summed E-state index contributed by atoms with van der Waals surface area (Å²) in [4.78, 5) is 15.4. The molecule has 0 fully saturated rings.